The minimum Gasteiger partial charge on any atom is -0.392 e. The second-order valence-electron chi connectivity index (χ2n) is 6.09. The highest BCUT2D eigenvalue weighted by Gasteiger charge is 2.47. The van der Waals surface area contributed by atoms with E-state index in [1.165, 1.54) is 45.4 Å². The van der Waals surface area contributed by atoms with Gasteiger partial charge in [-0.05, 0) is 38.1 Å². The Kier molecular flexibility index (Phi) is 2.94. The van der Waals surface area contributed by atoms with Crippen LogP contribution in [0.4, 0.5) is 0 Å². The van der Waals surface area contributed by atoms with Crippen molar-refractivity contribution in [1.29, 1.82) is 0 Å². The van der Waals surface area contributed by atoms with Crippen LogP contribution in [-0.4, -0.2) is 60.8 Å². The van der Waals surface area contributed by atoms with E-state index in [1.807, 2.05) is 0 Å². The van der Waals surface area contributed by atoms with Gasteiger partial charge in [0.05, 0.1) is 6.10 Å². The first kappa shape index (κ1) is 11.0. The lowest BCUT2D eigenvalue weighted by Gasteiger charge is -2.37. The van der Waals surface area contributed by atoms with Gasteiger partial charge in [-0.1, -0.05) is 0 Å². The molecule has 3 aliphatic rings. The molecule has 0 unspecified atom stereocenters. The third kappa shape index (κ3) is 1.89. The molecule has 4 atom stereocenters. The molecule has 0 radical (unpaired) electrons. The second-order valence-corrected chi connectivity index (χ2v) is 6.09. The summed E-state index contributed by atoms with van der Waals surface area (Å²) in [6.07, 6.45) is 3.98. The average molecular weight is 224 g/mol. The van der Waals surface area contributed by atoms with Crippen molar-refractivity contribution in [2.75, 3.05) is 39.8 Å². The van der Waals surface area contributed by atoms with Gasteiger partial charge in [-0.15, -0.1) is 0 Å². The molecule has 0 aromatic rings. The van der Waals surface area contributed by atoms with Crippen LogP contribution in [0.5, 0.6) is 0 Å². The van der Waals surface area contributed by atoms with Crippen LogP contribution < -0.4 is 0 Å². The van der Waals surface area contributed by atoms with Crippen LogP contribution in [0.25, 0.3) is 0 Å². The second kappa shape index (κ2) is 4.28. The molecule has 3 heteroatoms. The van der Waals surface area contributed by atoms with Crippen molar-refractivity contribution >= 4 is 0 Å². The molecule has 0 aromatic carbocycles. The van der Waals surface area contributed by atoms with Crippen molar-refractivity contribution in [3.63, 3.8) is 0 Å². The number of nitrogens with zero attached hydrogens (tertiary/aromatic N) is 2. The van der Waals surface area contributed by atoms with E-state index in [4.69, 9.17) is 0 Å². The fourth-order valence-electron chi connectivity index (χ4n) is 3.97. The van der Waals surface area contributed by atoms with E-state index < -0.39 is 0 Å². The SMILES string of the molecule is CN1CCN(C[C@H]2[C@H]3CC[C@@H](C3)[C@@H]2O)CC1. The maximum absolute atomic E-state index is 10.2. The predicted octanol–water partition coefficient (Wildman–Crippen LogP) is 0.641. The Morgan fingerprint density at radius 2 is 1.75 bits per heavy atom. The largest absolute Gasteiger partial charge is 0.392 e. The summed E-state index contributed by atoms with van der Waals surface area (Å²) in [6, 6.07) is 0. The molecule has 1 saturated heterocycles. The first-order valence-electron chi connectivity index (χ1n) is 6.83. The number of hydrogen-bond acceptors (Lipinski definition) is 3. The number of likely N-dealkylation sites (N-methyl/N-ethyl adjacent to an activating group) is 1. The van der Waals surface area contributed by atoms with E-state index in [9.17, 15) is 5.11 Å². The average Bonchev–Trinajstić information content (AvgIpc) is 2.85. The van der Waals surface area contributed by atoms with E-state index in [0.717, 1.165) is 12.5 Å². The zero-order valence-electron chi connectivity index (χ0n) is 10.3. The molecule has 2 aliphatic carbocycles. The van der Waals surface area contributed by atoms with E-state index in [0.29, 0.717) is 11.8 Å². The molecule has 3 rings (SSSR count). The van der Waals surface area contributed by atoms with Gasteiger partial charge in [-0.25, -0.2) is 0 Å². The molecular weight excluding hydrogens is 200 g/mol. The number of piperazine rings is 1. The summed E-state index contributed by atoms with van der Waals surface area (Å²) in [6.45, 7) is 5.91. The molecule has 1 heterocycles. The van der Waals surface area contributed by atoms with E-state index in [-0.39, 0.29) is 6.10 Å². The molecule has 1 N–H and O–H groups in total. The van der Waals surface area contributed by atoms with Crippen molar-refractivity contribution in [2.24, 2.45) is 17.8 Å². The lowest BCUT2D eigenvalue weighted by Crippen LogP contribution is -2.48. The summed E-state index contributed by atoms with van der Waals surface area (Å²) in [5, 5.41) is 10.2. The minimum absolute atomic E-state index is 0.0124. The van der Waals surface area contributed by atoms with Gasteiger partial charge >= 0.3 is 0 Å². The molecular formula is C13H24N2O. The van der Waals surface area contributed by atoms with E-state index in [2.05, 4.69) is 16.8 Å². The van der Waals surface area contributed by atoms with Gasteiger partial charge in [-0.3, -0.25) is 0 Å². The smallest absolute Gasteiger partial charge is 0.0611 e. The van der Waals surface area contributed by atoms with Gasteiger partial charge in [0, 0.05) is 38.6 Å². The third-order valence-electron chi connectivity index (χ3n) is 5.11. The zero-order chi connectivity index (χ0) is 11.1. The summed E-state index contributed by atoms with van der Waals surface area (Å²) >= 11 is 0. The molecule has 2 saturated carbocycles. The van der Waals surface area contributed by atoms with Crippen LogP contribution >= 0.6 is 0 Å². The molecule has 3 fully saturated rings. The fourth-order valence-corrected chi connectivity index (χ4v) is 3.97. The number of fused-ring (bicyclic) bond motifs is 2. The third-order valence-corrected chi connectivity index (χ3v) is 5.11. The van der Waals surface area contributed by atoms with Crippen molar-refractivity contribution in [2.45, 2.75) is 25.4 Å². The van der Waals surface area contributed by atoms with Crippen LogP contribution in [0.2, 0.25) is 0 Å². The molecule has 3 nitrogen and oxygen atoms in total. The summed E-state index contributed by atoms with van der Waals surface area (Å²) < 4.78 is 0. The summed E-state index contributed by atoms with van der Waals surface area (Å²) in [4.78, 5) is 4.96. The predicted molar refractivity (Wildman–Crippen MR) is 64.3 cm³/mol. The fraction of sp³-hybridized carbons (Fsp3) is 1.00. The lowest BCUT2D eigenvalue weighted by molar-refractivity contribution is 0.0282. The first-order chi connectivity index (χ1) is 7.74. The van der Waals surface area contributed by atoms with Gasteiger partial charge in [0.1, 0.15) is 0 Å². The Hall–Kier alpha value is -0.120. The summed E-state index contributed by atoms with van der Waals surface area (Å²) in [5.74, 6) is 2.06. The van der Waals surface area contributed by atoms with E-state index >= 15 is 0 Å². The minimum atomic E-state index is 0.0124. The molecule has 0 aromatic heterocycles. The maximum atomic E-state index is 10.2. The molecule has 0 amide bonds. The van der Waals surface area contributed by atoms with Crippen LogP contribution in [0, 0.1) is 17.8 Å². The topological polar surface area (TPSA) is 26.7 Å². The van der Waals surface area contributed by atoms with Gasteiger partial charge in [0.25, 0.3) is 0 Å². The molecule has 92 valence electrons. The molecule has 16 heavy (non-hydrogen) atoms. The molecule has 1 aliphatic heterocycles. The highest BCUT2D eigenvalue weighted by atomic mass is 16.3. The first-order valence-corrected chi connectivity index (χ1v) is 6.83. The maximum Gasteiger partial charge on any atom is 0.0611 e. The Morgan fingerprint density at radius 1 is 1.06 bits per heavy atom. The van der Waals surface area contributed by atoms with Crippen LogP contribution in [-0.2, 0) is 0 Å². The number of aliphatic hydroxyl groups excluding tert-OH is 1. The quantitative estimate of drug-likeness (QED) is 0.746. The van der Waals surface area contributed by atoms with Crippen LogP contribution in [0.3, 0.4) is 0 Å². The number of aliphatic hydroxyl groups is 1. The van der Waals surface area contributed by atoms with Crippen molar-refractivity contribution in [1.82, 2.24) is 9.80 Å². The normalized spacial score (nSPS) is 45.4. The van der Waals surface area contributed by atoms with Crippen LogP contribution in [0.1, 0.15) is 19.3 Å². The lowest BCUT2D eigenvalue weighted by atomic mass is 9.86. The monoisotopic (exact) mass is 224 g/mol. The zero-order valence-corrected chi connectivity index (χ0v) is 10.3. The van der Waals surface area contributed by atoms with Crippen molar-refractivity contribution in [3.8, 4) is 0 Å². The molecule has 0 spiro atoms. The van der Waals surface area contributed by atoms with Gasteiger partial charge < -0.3 is 14.9 Å². The summed E-state index contributed by atoms with van der Waals surface area (Å²) in [5.41, 5.74) is 0. The van der Waals surface area contributed by atoms with Crippen LogP contribution in [0.15, 0.2) is 0 Å². The standard InChI is InChI=1S/C13H24N2O/c1-14-4-6-15(7-5-14)9-12-10-2-3-11(8-10)13(12)16/h10-13,16H,2-9H2,1H3/t10-,11-,12-,13-/m0/s1. The number of rotatable bonds is 2. The highest BCUT2D eigenvalue weighted by Crippen LogP contribution is 2.48. The highest BCUT2D eigenvalue weighted by molar-refractivity contribution is 4.97. The number of hydrogen-bond donors (Lipinski definition) is 1. The molecule has 2 bridgehead atoms. The van der Waals surface area contributed by atoms with Crippen molar-refractivity contribution in [3.05, 3.63) is 0 Å². The Labute approximate surface area is 98.4 Å². The Balaban J connectivity index is 1.55. The van der Waals surface area contributed by atoms with Gasteiger partial charge in [0.2, 0.25) is 0 Å². The summed E-state index contributed by atoms with van der Waals surface area (Å²) in [7, 11) is 2.20. The van der Waals surface area contributed by atoms with Gasteiger partial charge in [-0.2, -0.15) is 0 Å². The van der Waals surface area contributed by atoms with Gasteiger partial charge in [0.15, 0.2) is 0 Å². The Bertz CT molecular complexity index is 248. The van der Waals surface area contributed by atoms with E-state index in [1.54, 1.807) is 0 Å². The van der Waals surface area contributed by atoms with Crippen molar-refractivity contribution < 1.29 is 5.11 Å². The Morgan fingerprint density at radius 3 is 2.38 bits per heavy atom.